The van der Waals surface area contributed by atoms with Crippen molar-refractivity contribution in [3.05, 3.63) is 0 Å². The molecule has 1 fully saturated rings. The molecular weight excluding hydrogens is 196 g/mol. The van der Waals surface area contributed by atoms with Crippen molar-refractivity contribution < 1.29 is 14.7 Å². The minimum absolute atomic E-state index is 0.00667. The van der Waals surface area contributed by atoms with Gasteiger partial charge in [-0.15, -0.1) is 0 Å². The molecule has 1 heterocycles. The highest BCUT2D eigenvalue weighted by atomic mass is 16.4. The maximum Gasteiger partial charge on any atom is 0.320 e. The topological polar surface area (TPSA) is 69.6 Å². The Labute approximate surface area is 89.4 Å². The van der Waals surface area contributed by atoms with Crippen molar-refractivity contribution >= 4 is 11.9 Å². The Bertz CT molecular complexity index is 237. The third-order valence-electron chi connectivity index (χ3n) is 2.66. The van der Waals surface area contributed by atoms with Gasteiger partial charge in [0.05, 0.1) is 6.54 Å². The molecule has 0 bridgehead atoms. The number of carbonyl (C=O) groups excluding carboxylic acids is 1. The number of amides is 1. The fraction of sp³-hybridized carbons (Fsp3) is 0.800. The number of hydrogen-bond acceptors (Lipinski definition) is 3. The molecule has 2 N–H and O–H groups in total. The summed E-state index contributed by atoms with van der Waals surface area (Å²) in [7, 11) is 0. The molecule has 0 spiro atoms. The molecule has 1 atom stereocenters. The first-order valence-corrected chi connectivity index (χ1v) is 5.39. The number of aliphatic carboxylic acids is 1. The number of rotatable bonds is 5. The summed E-state index contributed by atoms with van der Waals surface area (Å²) >= 11 is 0. The van der Waals surface area contributed by atoms with Gasteiger partial charge in [0.1, 0.15) is 6.04 Å². The van der Waals surface area contributed by atoms with Crippen LogP contribution in [0, 0.1) is 0 Å². The van der Waals surface area contributed by atoms with E-state index in [1.807, 2.05) is 0 Å². The number of nitrogens with one attached hydrogen (secondary N) is 1. The molecule has 0 aromatic rings. The molecule has 1 unspecified atom stereocenters. The zero-order valence-electron chi connectivity index (χ0n) is 9.03. The minimum atomic E-state index is -0.897. The van der Waals surface area contributed by atoms with E-state index in [-0.39, 0.29) is 12.5 Å². The molecule has 0 aliphatic carbocycles. The van der Waals surface area contributed by atoms with Gasteiger partial charge in [-0.1, -0.05) is 6.92 Å². The lowest BCUT2D eigenvalue weighted by atomic mass is 10.2. The second kappa shape index (κ2) is 5.70. The molecule has 5 heteroatoms. The molecular formula is C10H18N2O3. The van der Waals surface area contributed by atoms with E-state index in [0.29, 0.717) is 6.42 Å². The first-order chi connectivity index (χ1) is 7.15. The maximum absolute atomic E-state index is 11.6. The number of carboxylic acids is 1. The average molecular weight is 214 g/mol. The highest BCUT2D eigenvalue weighted by Gasteiger charge is 2.20. The van der Waals surface area contributed by atoms with Crippen molar-refractivity contribution in [1.29, 1.82) is 0 Å². The zero-order chi connectivity index (χ0) is 11.3. The van der Waals surface area contributed by atoms with Crippen LogP contribution in [0.15, 0.2) is 0 Å². The molecule has 1 amide bonds. The van der Waals surface area contributed by atoms with Crippen molar-refractivity contribution in [3.8, 4) is 0 Å². The van der Waals surface area contributed by atoms with E-state index in [1.54, 1.807) is 11.8 Å². The van der Waals surface area contributed by atoms with Crippen LogP contribution in [0.2, 0.25) is 0 Å². The van der Waals surface area contributed by atoms with Crippen LogP contribution < -0.4 is 5.32 Å². The van der Waals surface area contributed by atoms with Crippen LogP contribution in [0.5, 0.6) is 0 Å². The summed E-state index contributed by atoms with van der Waals surface area (Å²) in [5, 5.41) is 11.5. The van der Waals surface area contributed by atoms with E-state index in [2.05, 4.69) is 5.32 Å². The van der Waals surface area contributed by atoms with Crippen LogP contribution in [-0.4, -0.2) is 47.6 Å². The first-order valence-electron chi connectivity index (χ1n) is 5.39. The van der Waals surface area contributed by atoms with Crippen LogP contribution in [-0.2, 0) is 9.59 Å². The molecule has 0 aromatic carbocycles. The lowest BCUT2D eigenvalue weighted by Crippen LogP contribution is -2.43. The summed E-state index contributed by atoms with van der Waals surface area (Å²) in [6.45, 7) is 3.53. The van der Waals surface area contributed by atoms with E-state index < -0.39 is 12.0 Å². The molecule has 86 valence electrons. The number of likely N-dealkylation sites (tertiary alicyclic amines) is 1. The van der Waals surface area contributed by atoms with Crippen LogP contribution in [0.4, 0.5) is 0 Å². The van der Waals surface area contributed by atoms with E-state index in [4.69, 9.17) is 5.11 Å². The van der Waals surface area contributed by atoms with E-state index in [9.17, 15) is 9.59 Å². The summed E-state index contributed by atoms with van der Waals surface area (Å²) in [5.41, 5.74) is 0. The van der Waals surface area contributed by atoms with Crippen molar-refractivity contribution in [2.24, 2.45) is 0 Å². The van der Waals surface area contributed by atoms with Crippen LogP contribution in [0.1, 0.15) is 26.2 Å². The third kappa shape index (κ3) is 3.51. The molecule has 1 aliphatic rings. The van der Waals surface area contributed by atoms with Gasteiger partial charge in [-0.25, -0.2) is 0 Å². The van der Waals surface area contributed by atoms with Crippen molar-refractivity contribution in [2.45, 2.75) is 32.2 Å². The Morgan fingerprint density at radius 3 is 2.47 bits per heavy atom. The zero-order valence-corrected chi connectivity index (χ0v) is 9.03. The predicted molar refractivity (Wildman–Crippen MR) is 55.5 cm³/mol. The van der Waals surface area contributed by atoms with E-state index >= 15 is 0 Å². The molecule has 1 rings (SSSR count). The molecule has 1 aliphatic heterocycles. The number of hydrogen-bond donors (Lipinski definition) is 2. The lowest BCUT2D eigenvalue weighted by molar-refractivity contribution is -0.139. The fourth-order valence-corrected chi connectivity index (χ4v) is 1.70. The number of carboxylic acid groups (broad SMARTS) is 1. The van der Waals surface area contributed by atoms with Gasteiger partial charge < -0.3 is 10.0 Å². The van der Waals surface area contributed by atoms with Gasteiger partial charge in [0.2, 0.25) is 5.91 Å². The van der Waals surface area contributed by atoms with Gasteiger partial charge >= 0.3 is 5.97 Å². The van der Waals surface area contributed by atoms with Crippen LogP contribution >= 0.6 is 0 Å². The molecule has 0 saturated carbocycles. The van der Waals surface area contributed by atoms with Crippen molar-refractivity contribution in [2.75, 3.05) is 19.6 Å². The fourth-order valence-electron chi connectivity index (χ4n) is 1.70. The van der Waals surface area contributed by atoms with Gasteiger partial charge in [-0.05, 0) is 19.3 Å². The molecule has 15 heavy (non-hydrogen) atoms. The van der Waals surface area contributed by atoms with Gasteiger partial charge in [0.25, 0.3) is 0 Å². The van der Waals surface area contributed by atoms with Gasteiger partial charge in [0.15, 0.2) is 0 Å². The van der Waals surface area contributed by atoms with E-state index in [1.165, 1.54) is 0 Å². The average Bonchev–Trinajstić information content (AvgIpc) is 2.70. The Kier molecular flexibility index (Phi) is 4.55. The summed E-state index contributed by atoms with van der Waals surface area (Å²) < 4.78 is 0. The highest BCUT2D eigenvalue weighted by molar-refractivity contribution is 5.80. The molecule has 1 saturated heterocycles. The second-order valence-electron chi connectivity index (χ2n) is 3.77. The third-order valence-corrected chi connectivity index (χ3v) is 2.66. The normalized spacial score (nSPS) is 17.8. The van der Waals surface area contributed by atoms with Crippen LogP contribution in [0.3, 0.4) is 0 Å². The largest absolute Gasteiger partial charge is 0.480 e. The standard InChI is InChI=1S/C10H18N2O3/c1-2-8(10(14)15)11-7-9(13)12-5-3-4-6-12/h8,11H,2-7H2,1H3,(H,14,15). The summed E-state index contributed by atoms with van der Waals surface area (Å²) in [6.07, 6.45) is 2.60. The van der Waals surface area contributed by atoms with Gasteiger partial charge in [-0.3, -0.25) is 14.9 Å². The van der Waals surface area contributed by atoms with Crippen molar-refractivity contribution in [1.82, 2.24) is 10.2 Å². The summed E-state index contributed by atoms with van der Waals surface area (Å²) in [4.78, 5) is 24.0. The SMILES string of the molecule is CCC(NCC(=O)N1CCCC1)C(=O)O. The molecule has 0 radical (unpaired) electrons. The van der Waals surface area contributed by atoms with Gasteiger partial charge in [0, 0.05) is 13.1 Å². The highest BCUT2D eigenvalue weighted by Crippen LogP contribution is 2.06. The smallest absolute Gasteiger partial charge is 0.320 e. The predicted octanol–water partition coefficient (Wildman–Crippen LogP) is 0.0616. The summed E-state index contributed by atoms with van der Waals surface area (Å²) in [5.74, 6) is -0.890. The Morgan fingerprint density at radius 2 is 2.00 bits per heavy atom. The number of carbonyl (C=O) groups is 2. The number of nitrogens with zero attached hydrogens (tertiary/aromatic N) is 1. The quantitative estimate of drug-likeness (QED) is 0.679. The minimum Gasteiger partial charge on any atom is -0.480 e. The van der Waals surface area contributed by atoms with Crippen LogP contribution in [0.25, 0.3) is 0 Å². The summed E-state index contributed by atoms with van der Waals surface area (Å²) in [6, 6.07) is -0.614. The van der Waals surface area contributed by atoms with Gasteiger partial charge in [-0.2, -0.15) is 0 Å². The Morgan fingerprint density at radius 1 is 1.40 bits per heavy atom. The lowest BCUT2D eigenvalue weighted by Gasteiger charge is -2.17. The second-order valence-corrected chi connectivity index (χ2v) is 3.77. The first kappa shape index (κ1) is 12.0. The van der Waals surface area contributed by atoms with Crippen molar-refractivity contribution in [3.63, 3.8) is 0 Å². The Balaban J connectivity index is 2.28. The Hall–Kier alpha value is -1.10. The monoisotopic (exact) mass is 214 g/mol. The molecule has 5 nitrogen and oxygen atoms in total. The van der Waals surface area contributed by atoms with E-state index in [0.717, 1.165) is 25.9 Å². The molecule has 0 aromatic heterocycles. The maximum atomic E-state index is 11.6.